The second-order valence-corrected chi connectivity index (χ2v) is 5.87. The van der Waals surface area contributed by atoms with Crippen molar-refractivity contribution in [3.8, 4) is 11.4 Å². The summed E-state index contributed by atoms with van der Waals surface area (Å²) >= 11 is 5.76. The standard InChI is InChI=1S/C17H14ClN5O3/c1-22-16(14-4-2-3-7-19-14)9-12(21-22)10-20-17(24)11-5-6-13(18)15(8-11)23(25)26/h2-9H,10H2,1H3,(H,20,24). The Morgan fingerprint density at radius 1 is 1.31 bits per heavy atom. The van der Waals surface area contributed by atoms with Crippen molar-refractivity contribution < 1.29 is 9.72 Å². The number of rotatable bonds is 5. The summed E-state index contributed by atoms with van der Waals surface area (Å²) in [5, 5.41) is 17.9. The number of nitro groups is 1. The monoisotopic (exact) mass is 371 g/mol. The summed E-state index contributed by atoms with van der Waals surface area (Å²) in [6, 6.07) is 11.3. The van der Waals surface area contributed by atoms with Gasteiger partial charge in [0, 0.05) is 24.9 Å². The zero-order chi connectivity index (χ0) is 18.7. The van der Waals surface area contributed by atoms with Gasteiger partial charge in [0.15, 0.2) is 0 Å². The van der Waals surface area contributed by atoms with Crippen LogP contribution in [0, 0.1) is 10.1 Å². The summed E-state index contributed by atoms with van der Waals surface area (Å²) in [5.74, 6) is -0.449. The smallest absolute Gasteiger partial charge is 0.288 e. The van der Waals surface area contributed by atoms with Gasteiger partial charge in [-0.05, 0) is 30.3 Å². The first-order chi connectivity index (χ1) is 12.5. The lowest BCUT2D eigenvalue weighted by Crippen LogP contribution is -2.23. The van der Waals surface area contributed by atoms with Crippen LogP contribution in [0.25, 0.3) is 11.4 Å². The number of hydrogen-bond acceptors (Lipinski definition) is 5. The molecule has 1 N–H and O–H groups in total. The van der Waals surface area contributed by atoms with Gasteiger partial charge >= 0.3 is 0 Å². The second-order valence-electron chi connectivity index (χ2n) is 5.47. The van der Waals surface area contributed by atoms with E-state index in [0.29, 0.717) is 5.69 Å². The summed E-state index contributed by atoms with van der Waals surface area (Å²) in [5.41, 5.74) is 2.08. The SMILES string of the molecule is Cn1nc(CNC(=O)c2ccc(Cl)c([N+](=O)[O-])c2)cc1-c1ccccn1. The van der Waals surface area contributed by atoms with E-state index in [2.05, 4.69) is 15.4 Å². The van der Waals surface area contributed by atoms with Crippen LogP contribution in [0.4, 0.5) is 5.69 Å². The van der Waals surface area contributed by atoms with E-state index in [1.807, 2.05) is 24.3 Å². The second kappa shape index (κ2) is 7.32. The Morgan fingerprint density at radius 3 is 2.81 bits per heavy atom. The van der Waals surface area contributed by atoms with Crippen molar-refractivity contribution in [1.82, 2.24) is 20.1 Å². The molecule has 1 amide bonds. The first kappa shape index (κ1) is 17.6. The van der Waals surface area contributed by atoms with E-state index in [1.54, 1.807) is 17.9 Å². The average Bonchev–Trinajstić information content (AvgIpc) is 3.01. The number of aryl methyl sites for hydroxylation is 1. The van der Waals surface area contributed by atoms with Gasteiger partial charge in [-0.3, -0.25) is 24.6 Å². The molecule has 0 radical (unpaired) electrons. The molecule has 0 atom stereocenters. The number of nitro benzene ring substituents is 1. The molecule has 0 fully saturated rings. The number of halogens is 1. The van der Waals surface area contributed by atoms with Crippen LogP contribution < -0.4 is 5.32 Å². The Kier molecular flexibility index (Phi) is 4.94. The number of nitrogens with zero attached hydrogens (tertiary/aromatic N) is 4. The number of pyridine rings is 1. The molecule has 0 aliphatic heterocycles. The quantitative estimate of drug-likeness (QED) is 0.548. The van der Waals surface area contributed by atoms with Crippen molar-refractivity contribution >= 4 is 23.2 Å². The highest BCUT2D eigenvalue weighted by Gasteiger charge is 2.16. The fourth-order valence-corrected chi connectivity index (χ4v) is 2.62. The number of aromatic nitrogens is 3. The molecule has 1 aromatic carbocycles. The molecule has 0 aliphatic rings. The summed E-state index contributed by atoms with van der Waals surface area (Å²) in [6.07, 6.45) is 1.69. The van der Waals surface area contributed by atoms with Crippen LogP contribution in [0.5, 0.6) is 0 Å². The number of carbonyl (C=O) groups excluding carboxylic acids is 1. The maximum atomic E-state index is 12.2. The van der Waals surface area contributed by atoms with Crippen LogP contribution in [0.2, 0.25) is 5.02 Å². The number of hydrogen-bond donors (Lipinski definition) is 1. The minimum Gasteiger partial charge on any atom is -0.346 e. The van der Waals surface area contributed by atoms with Crippen LogP contribution in [-0.2, 0) is 13.6 Å². The highest BCUT2D eigenvalue weighted by molar-refractivity contribution is 6.32. The van der Waals surface area contributed by atoms with Crippen molar-refractivity contribution in [3.05, 3.63) is 75.1 Å². The Bertz CT molecular complexity index is 972. The van der Waals surface area contributed by atoms with Crippen LogP contribution >= 0.6 is 11.6 Å². The Morgan fingerprint density at radius 2 is 2.12 bits per heavy atom. The van der Waals surface area contributed by atoms with E-state index in [-0.39, 0.29) is 22.8 Å². The topological polar surface area (TPSA) is 103 Å². The molecule has 0 saturated heterocycles. The Hall–Kier alpha value is -3.26. The van der Waals surface area contributed by atoms with Gasteiger partial charge in [0.1, 0.15) is 5.02 Å². The first-order valence-electron chi connectivity index (χ1n) is 7.62. The van der Waals surface area contributed by atoms with E-state index in [0.717, 1.165) is 17.5 Å². The van der Waals surface area contributed by atoms with Gasteiger partial charge in [0.2, 0.25) is 0 Å². The predicted molar refractivity (Wildman–Crippen MR) is 95.7 cm³/mol. The predicted octanol–water partition coefficient (Wildman–Crippen LogP) is 2.97. The average molecular weight is 372 g/mol. The zero-order valence-electron chi connectivity index (χ0n) is 13.7. The number of nitrogens with one attached hydrogen (secondary N) is 1. The van der Waals surface area contributed by atoms with Gasteiger partial charge in [-0.2, -0.15) is 5.10 Å². The van der Waals surface area contributed by atoms with Gasteiger partial charge in [-0.15, -0.1) is 0 Å². The van der Waals surface area contributed by atoms with Gasteiger partial charge in [0.05, 0.1) is 28.5 Å². The lowest BCUT2D eigenvalue weighted by molar-refractivity contribution is -0.384. The van der Waals surface area contributed by atoms with Crippen LogP contribution in [0.1, 0.15) is 16.1 Å². The van der Waals surface area contributed by atoms with Crippen molar-refractivity contribution in [2.75, 3.05) is 0 Å². The van der Waals surface area contributed by atoms with Gasteiger partial charge in [0.25, 0.3) is 11.6 Å². The summed E-state index contributed by atoms with van der Waals surface area (Å²) < 4.78 is 1.68. The van der Waals surface area contributed by atoms with Crippen LogP contribution in [0.15, 0.2) is 48.7 Å². The molecular weight excluding hydrogens is 358 g/mol. The normalized spacial score (nSPS) is 10.5. The molecule has 0 unspecified atom stereocenters. The maximum absolute atomic E-state index is 12.2. The molecule has 0 bridgehead atoms. The summed E-state index contributed by atoms with van der Waals surface area (Å²) in [6.45, 7) is 0.177. The number of benzene rings is 1. The lowest BCUT2D eigenvalue weighted by Gasteiger charge is -2.04. The maximum Gasteiger partial charge on any atom is 0.288 e. The number of amides is 1. The van der Waals surface area contributed by atoms with Crippen LogP contribution in [-0.4, -0.2) is 25.6 Å². The first-order valence-corrected chi connectivity index (χ1v) is 8.00. The molecule has 2 heterocycles. The third-order valence-corrected chi connectivity index (χ3v) is 4.01. The van der Waals surface area contributed by atoms with E-state index >= 15 is 0 Å². The highest BCUT2D eigenvalue weighted by atomic mass is 35.5. The largest absolute Gasteiger partial charge is 0.346 e. The zero-order valence-corrected chi connectivity index (χ0v) is 14.5. The molecular formula is C17H14ClN5O3. The number of carbonyl (C=O) groups is 1. The third kappa shape index (κ3) is 3.70. The van der Waals surface area contributed by atoms with E-state index in [1.165, 1.54) is 12.1 Å². The summed E-state index contributed by atoms with van der Waals surface area (Å²) in [4.78, 5) is 26.8. The van der Waals surface area contributed by atoms with Crippen molar-refractivity contribution in [3.63, 3.8) is 0 Å². The fourth-order valence-electron chi connectivity index (χ4n) is 2.43. The molecule has 9 heteroatoms. The molecule has 0 saturated carbocycles. The minimum atomic E-state index is -0.628. The summed E-state index contributed by atoms with van der Waals surface area (Å²) in [7, 11) is 1.79. The van der Waals surface area contributed by atoms with Gasteiger partial charge in [-0.1, -0.05) is 17.7 Å². The lowest BCUT2D eigenvalue weighted by atomic mass is 10.2. The van der Waals surface area contributed by atoms with Crippen molar-refractivity contribution in [2.24, 2.45) is 7.05 Å². The van der Waals surface area contributed by atoms with Gasteiger partial charge in [-0.25, -0.2) is 0 Å². The third-order valence-electron chi connectivity index (χ3n) is 3.69. The van der Waals surface area contributed by atoms with E-state index in [4.69, 9.17) is 11.6 Å². The molecule has 2 aromatic heterocycles. The van der Waals surface area contributed by atoms with E-state index in [9.17, 15) is 14.9 Å². The molecule has 132 valence electrons. The molecule has 0 spiro atoms. The highest BCUT2D eigenvalue weighted by Crippen LogP contribution is 2.25. The minimum absolute atomic E-state index is 0.0173. The molecule has 3 rings (SSSR count). The fraction of sp³-hybridized carbons (Fsp3) is 0.118. The van der Waals surface area contributed by atoms with E-state index < -0.39 is 10.8 Å². The van der Waals surface area contributed by atoms with Crippen molar-refractivity contribution in [1.29, 1.82) is 0 Å². The molecule has 0 aliphatic carbocycles. The van der Waals surface area contributed by atoms with Crippen molar-refractivity contribution in [2.45, 2.75) is 6.54 Å². The molecule has 8 nitrogen and oxygen atoms in total. The van der Waals surface area contributed by atoms with Crippen LogP contribution in [0.3, 0.4) is 0 Å². The molecule has 26 heavy (non-hydrogen) atoms. The van der Waals surface area contributed by atoms with Gasteiger partial charge < -0.3 is 5.32 Å². The molecule has 3 aromatic rings. The Labute approximate surface area is 153 Å². The Balaban J connectivity index is 1.73.